The molecular formula is C13H19N3O3. The van der Waals surface area contributed by atoms with E-state index in [1.54, 1.807) is 18.3 Å². The molecule has 2 heterocycles. The second kappa shape index (κ2) is 6.49. The summed E-state index contributed by atoms with van der Waals surface area (Å²) in [6, 6.07) is 3.46. The third-order valence-corrected chi connectivity index (χ3v) is 3.28. The summed E-state index contributed by atoms with van der Waals surface area (Å²) in [6.45, 7) is 4.18. The predicted molar refractivity (Wildman–Crippen MR) is 71.3 cm³/mol. The van der Waals surface area contributed by atoms with E-state index in [4.69, 9.17) is 9.84 Å². The van der Waals surface area contributed by atoms with Crippen LogP contribution in [0.4, 0.5) is 5.82 Å². The number of pyridine rings is 1. The van der Waals surface area contributed by atoms with Gasteiger partial charge in [0, 0.05) is 38.9 Å². The summed E-state index contributed by atoms with van der Waals surface area (Å²) in [4.78, 5) is 20.3. The number of aliphatic hydroxyl groups excluding tert-OH is 1. The second-order valence-corrected chi connectivity index (χ2v) is 4.42. The second-order valence-electron chi connectivity index (χ2n) is 4.42. The molecule has 1 aliphatic rings. The minimum Gasteiger partial charge on any atom is -0.465 e. The lowest BCUT2D eigenvalue weighted by Gasteiger charge is -2.35. The van der Waals surface area contributed by atoms with Crippen LogP contribution in [-0.2, 0) is 4.74 Å². The molecule has 0 amide bonds. The fourth-order valence-corrected chi connectivity index (χ4v) is 2.24. The zero-order chi connectivity index (χ0) is 13.7. The summed E-state index contributed by atoms with van der Waals surface area (Å²) >= 11 is 0. The first-order chi connectivity index (χ1) is 9.26. The van der Waals surface area contributed by atoms with Crippen LogP contribution in [-0.4, -0.2) is 67.4 Å². The van der Waals surface area contributed by atoms with Crippen LogP contribution in [0.2, 0.25) is 0 Å². The molecule has 6 heteroatoms. The Morgan fingerprint density at radius 2 is 2.16 bits per heavy atom. The number of carbonyl (C=O) groups excluding carboxylic acids is 1. The van der Waals surface area contributed by atoms with Gasteiger partial charge in [-0.3, -0.25) is 4.90 Å². The lowest BCUT2D eigenvalue weighted by Crippen LogP contribution is -2.47. The maximum Gasteiger partial charge on any atom is 0.341 e. The van der Waals surface area contributed by atoms with Gasteiger partial charge in [-0.15, -0.1) is 0 Å². The first-order valence-electron chi connectivity index (χ1n) is 6.37. The molecule has 1 saturated heterocycles. The van der Waals surface area contributed by atoms with Crippen LogP contribution < -0.4 is 4.90 Å². The van der Waals surface area contributed by atoms with Gasteiger partial charge in [0.1, 0.15) is 11.4 Å². The third kappa shape index (κ3) is 3.21. The lowest BCUT2D eigenvalue weighted by molar-refractivity contribution is 0.0601. The average Bonchev–Trinajstić information content (AvgIpc) is 2.47. The zero-order valence-corrected chi connectivity index (χ0v) is 11.1. The van der Waals surface area contributed by atoms with Gasteiger partial charge in [0.15, 0.2) is 0 Å². The quantitative estimate of drug-likeness (QED) is 0.772. The van der Waals surface area contributed by atoms with E-state index in [1.165, 1.54) is 7.11 Å². The summed E-state index contributed by atoms with van der Waals surface area (Å²) < 4.78 is 4.78. The number of hydrogen-bond acceptors (Lipinski definition) is 6. The molecule has 6 nitrogen and oxygen atoms in total. The molecule has 1 aromatic heterocycles. The number of nitrogens with zero attached hydrogens (tertiary/aromatic N) is 3. The number of β-amino-alcohol motifs (C(OH)–C–C–N with tert-alkyl or cyclic N) is 1. The van der Waals surface area contributed by atoms with Crippen molar-refractivity contribution < 1.29 is 14.6 Å². The summed E-state index contributed by atoms with van der Waals surface area (Å²) in [7, 11) is 1.37. The molecule has 0 aromatic carbocycles. The van der Waals surface area contributed by atoms with Crippen molar-refractivity contribution in [1.29, 1.82) is 0 Å². The summed E-state index contributed by atoms with van der Waals surface area (Å²) in [5, 5.41) is 8.92. The topological polar surface area (TPSA) is 65.9 Å². The Balaban J connectivity index is 2.09. The number of carbonyl (C=O) groups is 1. The SMILES string of the molecule is COC(=O)c1cccnc1N1CCN(CCO)CC1. The number of anilines is 1. The van der Waals surface area contributed by atoms with Gasteiger partial charge in [-0.2, -0.15) is 0 Å². The standard InChI is InChI=1S/C13H19N3O3/c1-19-13(18)11-3-2-4-14-12(11)16-7-5-15(6-8-16)9-10-17/h2-4,17H,5-10H2,1H3. The Hall–Kier alpha value is -1.66. The van der Waals surface area contributed by atoms with Crippen LogP contribution in [0, 0.1) is 0 Å². The largest absolute Gasteiger partial charge is 0.465 e. The minimum atomic E-state index is -0.360. The molecule has 0 saturated carbocycles. The van der Waals surface area contributed by atoms with Crippen molar-refractivity contribution in [2.24, 2.45) is 0 Å². The number of esters is 1. The number of rotatable bonds is 4. The van der Waals surface area contributed by atoms with E-state index in [1.807, 2.05) is 0 Å². The maximum atomic E-state index is 11.7. The fraction of sp³-hybridized carbons (Fsp3) is 0.538. The first-order valence-corrected chi connectivity index (χ1v) is 6.37. The molecule has 1 N–H and O–H groups in total. The van der Waals surface area contributed by atoms with Gasteiger partial charge >= 0.3 is 5.97 Å². The van der Waals surface area contributed by atoms with E-state index in [0.717, 1.165) is 26.2 Å². The van der Waals surface area contributed by atoms with Crippen molar-refractivity contribution in [2.75, 3.05) is 51.3 Å². The summed E-state index contributed by atoms with van der Waals surface area (Å²) in [5.41, 5.74) is 0.501. The highest BCUT2D eigenvalue weighted by Gasteiger charge is 2.22. The molecule has 19 heavy (non-hydrogen) atoms. The Morgan fingerprint density at radius 1 is 1.42 bits per heavy atom. The van der Waals surface area contributed by atoms with Crippen molar-refractivity contribution in [1.82, 2.24) is 9.88 Å². The first kappa shape index (κ1) is 13.8. The van der Waals surface area contributed by atoms with E-state index < -0.39 is 0 Å². The highest BCUT2D eigenvalue weighted by atomic mass is 16.5. The van der Waals surface area contributed by atoms with Crippen LogP contribution in [0.25, 0.3) is 0 Å². The van der Waals surface area contributed by atoms with Crippen molar-refractivity contribution in [3.05, 3.63) is 23.9 Å². The Morgan fingerprint density at radius 3 is 2.79 bits per heavy atom. The highest BCUT2D eigenvalue weighted by molar-refractivity contribution is 5.94. The molecule has 1 aliphatic heterocycles. The Kier molecular flexibility index (Phi) is 4.70. The van der Waals surface area contributed by atoms with Crippen LogP contribution >= 0.6 is 0 Å². The van der Waals surface area contributed by atoms with E-state index in [2.05, 4.69) is 14.8 Å². The molecule has 0 unspecified atom stereocenters. The average molecular weight is 265 g/mol. The van der Waals surface area contributed by atoms with Gasteiger partial charge < -0.3 is 14.7 Å². The van der Waals surface area contributed by atoms with E-state index >= 15 is 0 Å². The van der Waals surface area contributed by atoms with Gasteiger partial charge in [-0.25, -0.2) is 9.78 Å². The Bertz CT molecular complexity index is 431. The number of aromatic nitrogens is 1. The monoisotopic (exact) mass is 265 g/mol. The zero-order valence-electron chi connectivity index (χ0n) is 11.1. The number of methoxy groups -OCH3 is 1. The van der Waals surface area contributed by atoms with Gasteiger partial charge in [-0.1, -0.05) is 0 Å². The van der Waals surface area contributed by atoms with Crippen LogP contribution in [0.5, 0.6) is 0 Å². The molecule has 0 bridgehead atoms. The van der Waals surface area contributed by atoms with Crippen LogP contribution in [0.15, 0.2) is 18.3 Å². The van der Waals surface area contributed by atoms with Crippen molar-refractivity contribution >= 4 is 11.8 Å². The minimum absolute atomic E-state index is 0.178. The molecule has 1 fully saturated rings. The van der Waals surface area contributed by atoms with Crippen LogP contribution in [0.3, 0.4) is 0 Å². The van der Waals surface area contributed by atoms with E-state index in [-0.39, 0.29) is 12.6 Å². The number of aliphatic hydroxyl groups is 1. The van der Waals surface area contributed by atoms with Gasteiger partial charge in [-0.05, 0) is 12.1 Å². The predicted octanol–water partition coefficient (Wildman–Crippen LogP) is -0.0175. The molecular weight excluding hydrogens is 246 g/mol. The van der Waals surface area contributed by atoms with Gasteiger partial charge in [0.2, 0.25) is 0 Å². The maximum absolute atomic E-state index is 11.7. The normalized spacial score (nSPS) is 16.4. The van der Waals surface area contributed by atoms with Gasteiger partial charge in [0.05, 0.1) is 13.7 Å². The number of hydrogen-bond donors (Lipinski definition) is 1. The highest BCUT2D eigenvalue weighted by Crippen LogP contribution is 2.19. The van der Waals surface area contributed by atoms with Crippen molar-refractivity contribution in [3.63, 3.8) is 0 Å². The lowest BCUT2D eigenvalue weighted by atomic mass is 10.2. The molecule has 0 radical (unpaired) electrons. The molecule has 0 aliphatic carbocycles. The Labute approximate surface area is 112 Å². The summed E-state index contributed by atoms with van der Waals surface area (Å²) in [5.74, 6) is 0.318. The molecule has 0 atom stereocenters. The van der Waals surface area contributed by atoms with Crippen molar-refractivity contribution in [2.45, 2.75) is 0 Å². The fourth-order valence-electron chi connectivity index (χ4n) is 2.24. The molecule has 2 rings (SSSR count). The third-order valence-electron chi connectivity index (χ3n) is 3.28. The number of ether oxygens (including phenoxy) is 1. The number of piperazine rings is 1. The molecule has 0 spiro atoms. The molecule has 104 valence electrons. The van der Waals surface area contributed by atoms with E-state index in [0.29, 0.717) is 17.9 Å². The van der Waals surface area contributed by atoms with Crippen LogP contribution in [0.1, 0.15) is 10.4 Å². The van der Waals surface area contributed by atoms with E-state index in [9.17, 15) is 4.79 Å². The smallest absolute Gasteiger partial charge is 0.341 e. The summed E-state index contributed by atoms with van der Waals surface area (Å²) in [6.07, 6.45) is 1.68. The molecule has 1 aromatic rings. The van der Waals surface area contributed by atoms with Gasteiger partial charge in [0.25, 0.3) is 0 Å². The van der Waals surface area contributed by atoms with Crippen molar-refractivity contribution in [3.8, 4) is 0 Å².